The largest absolute Gasteiger partial charge is 0.439 e. The second kappa shape index (κ2) is 8.53. The van der Waals surface area contributed by atoms with Crippen LogP contribution in [0.25, 0.3) is 11.3 Å². The lowest BCUT2D eigenvalue weighted by Gasteiger charge is -2.33. The minimum atomic E-state index is -3.53. The monoisotopic (exact) mass is 443 g/mol. The molecule has 6 nitrogen and oxygen atoms in total. The predicted molar refractivity (Wildman–Crippen MR) is 117 cm³/mol. The number of nitrogens with zero attached hydrogens (tertiary/aromatic N) is 3. The van der Waals surface area contributed by atoms with Crippen molar-refractivity contribution in [1.29, 1.82) is 0 Å². The molecule has 0 amide bonds. The topological polar surface area (TPSA) is 66.7 Å². The quantitative estimate of drug-likeness (QED) is 0.598. The van der Waals surface area contributed by atoms with Crippen LogP contribution in [-0.4, -0.2) is 48.8 Å². The van der Waals surface area contributed by atoms with Crippen LogP contribution in [0.5, 0.6) is 0 Å². The number of piperazine rings is 1. The number of sulfonamides is 1. The molecule has 1 aromatic heterocycles. The van der Waals surface area contributed by atoms with E-state index in [0.29, 0.717) is 49.3 Å². The summed E-state index contributed by atoms with van der Waals surface area (Å²) in [6.07, 6.45) is 1.63. The van der Waals surface area contributed by atoms with E-state index >= 15 is 0 Å². The first-order valence-electron chi connectivity index (χ1n) is 10.2. The average Bonchev–Trinajstić information content (AvgIpc) is 3.16. The first kappa shape index (κ1) is 21.7. The van der Waals surface area contributed by atoms with Crippen molar-refractivity contribution in [1.82, 2.24) is 14.2 Å². The van der Waals surface area contributed by atoms with Crippen molar-refractivity contribution in [3.63, 3.8) is 0 Å². The Labute approximate surface area is 182 Å². The normalized spacial score (nSPS) is 16.0. The molecule has 2 aromatic carbocycles. The lowest BCUT2D eigenvalue weighted by molar-refractivity contribution is 0.168. The molecule has 1 aliphatic heterocycles. The van der Waals surface area contributed by atoms with E-state index in [9.17, 15) is 12.8 Å². The van der Waals surface area contributed by atoms with E-state index in [1.54, 1.807) is 22.6 Å². The van der Waals surface area contributed by atoms with Gasteiger partial charge in [-0.15, -0.1) is 0 Å². The maximum atomic E-state index is 13.2. The zero-order valence-electron chi connectivity index (χ0n) is 17.9. The van der Waals surface area contributed by atoms with Gasteiger partial charge in [-0.05, 0) is 56.2 Å². The molecule has 8 heteroatoms. The summed E-state index contributed by atoms with van der Waals surface area (Å²) in [6.45, 7) is 8.20. The lowest BCUT2D eigenvalue weighted by Crippen LogP contribution is -2.48. The predicted octanol–water partition coefficient (Wildman–Crippen LogP) is 3.91. The fourth-order valence-corrected chi connectivity index (χ4v) is 5.99. The second-order valence-electron chi connectivity index (χ2n) is 8.03. The molecule has 4 rings (SSSR count). The van der Waals surface area contributed by atoms with Crippen LogP contribution in [0.2, 0.25) is 0 Å². The summed E-state index contributed by atoms with van der Waals surface area (Å²) < 4.78 is 47.0. The molecule has 2 heterocycles. The molecule has 0 unspecified atom stereocenters. The molecule has 0 saturated carbocycles. The van der Waals surface area contributed by atoms with Crippen LogP contribution in [0.1, 0.15) is 22.6 Å². The van der Waals surface area contributed by atoms with E-state index in [-0.39, 0.29) is 5.82 Å². The summed E-state index contributed by atoms with van der Waals surface area (Å²) in [4.78, 5) is 6.87. The maximum absolute atomic E-state index is 13.2. The van der Waals surface area contributed by atoms with Gasteiger partial charge in [0.2, 0.25) is 15.9 Å². The van der Waals surface area contributed by atoms with Crippen LogP contribution in [0, 0.1) is 26.6 Å². The highest BCUT2D eigenvalue weighted by Crippen LogP contribution is 2.26. The van der Waals surface area contributed by atoms with Gasteiger partial charge in [-0.3, -0.25) is 4.90 Å². The van der Waals surface area contributed by atoms with Gasteiger partial charge < -0.3 is 4.42 Å². The van der Waals surface area contributed by atoms with Gasteiger partial charge in [0.25, 0.3) is 0 Å². The Bertz CT molecular complexity index is 1160. The van der Waals surface area contributed by atoms with Gasteiger partial charge in [0.05, 0.1) is 17.6 Å². The third-order valence-corrected chi connectivity index (χ3v) is 7.78. The zero-order chi connectivity index (χ0) is 22.2. The van der Waals surface area contributed by atoms with Crippen molar-refractivity contribution in [2.24, 2.45) is 0 Å². The fraction of sp³-hybridized carbons (Fsp3) is 0.348. The number of benzene rings is 2. The highest BCUT2D eigenvalue weighted by Gasteiger charge is 2.31. The maximum Gasteiger partial charge on any atom is 0.243 e. The highest BCUT2D eigenvalue weighted by atomic mass is 32.2. The Kier molecular flexibility index (Phi) is 5.96. The van der Waals surface area contributed by atoms with Crippen LogP contribution < -0.4 is 0 Å². The summed E-state index contributed by atoms with van der Waals surface area (Å²) in [6, 6.07) is 9.90. The van der Waals surface area contributed by atoms with Crippen LogP contribution in [-0.2, 0) is 16.6 Å². The summed E-state index contributed by atoms with van der Waals surface area (Å²) in [5.41, 5.74) is 3.39. The van der Waals surface area contributed by atoms with Crippen molar-refractivity contribution in [3.8, 4) is 11.3 Å². The Morgan fingerprint density at radius 2 is 1.61 bits per heavy atom. The van der Waals surface area contributed by atoms with E-state index in [0.717, 1.165) is 22.3 Å². The SMILES string of the molecule is Cc1cc(C)c(S(=O)(=O)N2CCN(Cc3ncc(-c4ccc(F)cc4)o3)CC2)c(C)c1. The molecule has 0 spiro atoms. The first-order chi connectivity index (χ1) is 14.7. The van der Waals surface area contributed by atoms with Gasteiger partial charge in [0.15, 0.2) is 5.76 Å². The Morgan fingerprint density at radius 3 is 2.23 bits per heavy atom. The van der Waals surface area contributed by atoms with Gasteiger partial charge in [-0.1, -0.05) is 17.7 Å². The van der Waals surface area contributed by atoms with Crippen molar-refractivity contribution in [2.75, 3.05) is 26.2 Å². The molecule has 31 heavy (non-hydrogen) atoms. The van der Waals surface area contributed by atoms with Gasteiger partial charge in [-0.25, -0.2) is 17.8 Å². The van der Waals surface area contributed by atoms with Crippen LogP contribution in [0.4, 0.5) is 4.39 Å². The lowest BCUT2D eigenvalue weighted by atomic mass is 10.1. The molecule has 0 bridgehead atoms. The molecule has 0 N–H and O–H groups in total. The summed E-state index contributed by atoms with van der Waals surface area (Å²) in [7, 11) is -3.53. The molecular formula is C23H26FN3O3S. The molecule has 3 aromatic rings. The summed E-state index contributed by atoms with van der Waals surface area (Å²) in [5, 5.41) is 0. The van der Waals surface area contributed by atoms with Crippen LogP contribution in [0.15, 0.2) is 51.9 Å². The molecule has 1 saturated heterocycles. The highest BCUT2D eigenvalue weighted by molar-refractivity contribution is 7.89. The number of aromatic nitrogens is 1. The van der Waals surface area contributed by atoms with Gasteiger partial charge in [0.1, 0.15) is 5.82 Å². The summed E-state index contributed by atoms with van der Waals surface area (Å²) in [5.74, 6) is 0.842. The van der Waals surface area contributed by atoms with Crippen LogP contribution >= 0.6 is 0 Å². The van der Waals surface area contributed by atoms with E-state index in [4.69, 9.17) is 4.42 Å². The average molecular weight is 444 g/mol. The number of halogens is 1. The van der Waals surface area contributed by atoms with E-state index < -0.39 is 10.0 Å². The van der Waals surface area contributed by atoms with E-state index in [1.165, 1.54) is 12.1 Å². The molecule has 1 aliphatic rings. The molecule has 0 aliphatic carbocycles. The third-order valence-electron chi connectivity index (χ3n) is 5.57. The van der Waals surface area contributed by atoms with Crippen molar-refractivity contribution in [2.45, 2.75) is 32.2 Å². The molecule has 0 atom stereocenters. The van der Waals surface area contributed by atoms with E-state index in [2.05, 4.69) is 9.88 Å². The number of hydrogen-bond acceptors (Lipinski definition) is 5. The van der Waals surface area contributed by atoms with Gasteiger partial charge in [-0.2, -0.15) is 4.31 Å². The Balaban J connectivity index is 1.41. The van der Waals surface area contributed by atoms with Crippen molar-refractivity contribution < 1.29 is 17.2 Å². The fourth-order valence-electron chi connectivity index (χ4n) is 4.15. The zero-order valence-corrected chi connectivity index (χ0v) is 18.7. The molecule has 0 radical (unpaired) electrons. The smallest absolute Gasteiger partial charge is 0.243 e. The molecule has 1 fully saturated rings. The summed E-state index contributed by atoms with van der Waals surface area (Å²) >= 11 is 0. The van der Waals surface area contributed by atoms with Crippen LogP contribution in [0.3, 0.4) is 0 Å². The van der Waals surface area contributed by atoms with E-state index in [1.807, 2.05) is 32.9 Å². The van der Waals surface area contributed by atoms with Crippen molar-refractivity contribution >= 4 is 10.0 Å². The van der Waals surface area contributed by atoms with Gasteiger partial charge >= 0.3 is 0 Å². The Morgan fingerprint density at radius 1 is 1.00 bits per heavy atom. The first-order valence-corrected chi connectivity index (χ1v) is 11.7. The Hall–Kier alpha value is -2.55. The number of oxazole rings is 1. The number of aryl methyl sites for hydroxylation is 3. The number of hydrogen-bond donors (Lipinski definition) is 0. The minimum absolute atomic E-state index is 0.299. The minimum Gasteiger partial charge on any atom is -0.439 e. The molecule has 164 valence electrons. The standard InChI is InChI=1S/C23H26FN3O3S/c1-16-12-17(2)23(18(3)13-16)31(28,29)27-10-8-26(9-11-27)15-22-25-14-21(30-22)19-4-6-20(24)7-5-19/h4-7,12-14H,8-11,15H2,1-3H3. The van der Waals surface area contributed by atoms with Crippen molar-refractivity contribution in [3.05, 3.63) is 71.0 Å². The number of rotatable bonds is 5. The van der Waals surface area contributed by atoms with Gasteiger partial charge in [0, 0.05) is 31.7 Å². The second-order valence-corrected chi connectivity index (χ2v) is 9.91. The third kappa shape index (κ3) is 4.56. The molecular weight excluding hydrogens is 417 g/mol.